The van der Waals surface area contributed by atoms with Crippen LogP contribution in [0.15, 0.2) is 18.2 Å². The molecule has 0 aliphatic carbocycles. The molecular formula is C15H20N2O. The van der Waals surface area contributed by atoms with Gasteiger partial charge in [0.25, 0.3) is 0 Å². The second kappa shape index (κ2) is 6.53. The molecule has 3 heteroatoms. The largest absolute Gasteiger partial charge is 0.381 e. The van der Waals surface area contributed by atoms with Crippen molar-refractivity contribution in [3.63, 3.8) is 0 Å². The number of benzene rings is 1. The number of rotatable bonds is 4. The van der Waals surface area contributed by atoms with E-state index in [4.69, 9.17) is 10.00 Å². The summed E-state index contributed by atoms with van der Waals surface area (Å²) < 4.78 is 5.46. The molecule has 1 aromatic rings. The molecule has 1 N–H and O–H groups in total. The fraction of sp³-hybridized carbons (Fsp3) is 0.533. The summed E-state index contributed by atoms with van der Waals surface area (Å²) >= 11 is 0. The summed E-state index contributed by atoms with van der Waals surface area (Å²) in [5, 5.41) is 12.3. The molecule has 0 aromatic heterocycles. The monoisotopic (exact) mass is 244 g/mol. The highest BCUT2D eigenvalue weighted by Gasteiger charge is 2.13. The molecule has 1 aliphatic rings. The average Bonchev–Trinajstić information content (AvgIpc) is 2.42. The third kappa shape index (κ3) is 3.56. The average molecular weight is 244 g/mol. The highest BCUT2D eigenvalue weighted by molar-refractivity contribution is 5.37. The van der Waals surface area contributed by atoms with Crippen LogP contribution in [0.5, 0.6) is 0 Å². The van der Waals surface area contributed by atoms with Crippen molar-refractivity contribution in [1.82, 2.24) is 5.32 Å². The number of aryl methyl sites for hydroxylation is 1. The van der Waals surface area contributed by atoms with Crippen LogP contribution >= 0.6 is 0 Å². The lowest BCUT2D eigenvalue weighted by atomic mass is 10.0. The summed E-state index contributed by atoms with van der Waals surface area (Å²) in [6.07, 6.45) is 2.45. The summed E-state index contributed by atoms with van der Waals surface area (Å²) in [5.74, 6) is 0.650. The van der Waals surface area contributed by atoms with Gasteiger partial charge >= 0.3 is 0 Å². The van der Waals surface area contributed by atoms with Crippen LogP contribution in [0.2, 0.25) is 0 Å². The highest BCUT2D eigenvalue weighted by Crippen LogP contribution is 2.13. The van der Waals surface area contributed by atoms with Crippen molar-refractivity contribution in [2.45, 2.75) is 26.3 Å². The lowest BCUT2D eigenvalue weighted by Crippen LogP contribution is -2.29. The van der Waals surface area contributed by atoms with Crippen LogP contribution in [0.3, 0.4) is 0 Å². The smallest absolute Gasteiger partial charge is 0.0991 e. The lowest BCUT2D eigenvalue weighted by molar-refractivity contribution is 0.0547. The van der Waals surface area contributed by atoms with Crippen molar-refractivity contribution in [3.8, 4) is 6.07 Å². The van der Waals surface area contributed by atoms with E-state index < -0.39 is 0 Å². The number of nitrogens with one attached hydrogen (secondary N) is 1. The van der Waals surface area contributed by atoms with E-state index in [2.05, 4.69) is 18.3 Å². The number of nitrogens with zero attached hydrogens (tertiary/aromatic N) is 1. The van der Waals surface area contributed by atoms with Gasteiger partial charge in [0.15, 0.2) is 0 Å². The minimum absolute atomic E-state index is 0.650. The predicted molar refractivity (Wildman–Crippen MR) is 71.1 cm³/mol. The molecule has 0 spiro atoms. The molecule has 96 valence electrons. The van der Waals surface area contributed by atoms with Gasteiger partial charge in [-0.25, -0.2) is 0 Å². The molecule has 0 bridgehead atoms. The van der Waals surface area contributed by atoms with E-state index in [-0.39, 0.29) is 0 Å². The minimum atomic E-state index is 0.650. The first kappa shape index (κ1) is 13.1. The topological polar surface area (TPSA) is 45.0 Å². The van der Waals surface area contributed by atoms with Gasteiger partial charge < -0.3 is 10.1 Å². The number of hydrogen-bond acceptors (Lipinski definition) is 3. The lowest BCUT2D eigenvalue weighted by Gasteiger charge is -2.22. The van der Waals surface area contributed by atoms with Crippen LogP contribution in [0.1, 0.15) is 29.5 Å². The maximum atomic E-state index is 8.82. The van der Waals surface area contributed by atoms with Crippen LogP contribution in [-0.4, -0.2) is 19.8 Å². The van der Waals surface area contributed by atoms with Crippen molar-refractivity contribution in [2.24, 2.45) is 5.92 Å². The van der Waals surface area contributed by atoms with Crippen LogP contribution in [0.4, 0.5) is 0 Å². The second-order valence-electron chi connectivity index (χ2n) is 4.97. The van der Waals surface area contributed by atoms with E-state index >= 15 is 0 Å². The molecule has 3 nitrogen and oxygen atoms in total. The Balaban J connectivity index is 1.81. The third-order valence-electron chi connectivity index (χ3n) is 3.47. The first-order valence-corrected chi connectivity index (χ1v) is 6.57. The van der Waals surface area contributed by atoms with Gasteiger partial charge in [0.05, 0.1) is 18.2 Å². The molecule has 1 aliphatic heterocycles. The van der Waals surface area contributed by atoms with Crippen molar-refractivity contribution in [1.29, 1.82) is 5.26 Å². The molecule has 2 rings (SSSR count). The van der Waals surface area contributed by atoms with Crippen LogP contribution in [0.25, 0.3) is 0 Å². The summed E-state index contributed by atoms with van der Waals surface area (Å²) in [4.78, 5) is 0. The number of nitriles is 1. The van der Waals surface area contributed by atoms with Gasteiger partial charge in [0.1, 0.15) is 0 Å². The molecule has 1 aromatic carbocycles. The zero-order valence-electron chi connectivity index (χ0n) is 10.9. The van der Waals surface area contributed by atoms with Crippen molar-refractivity contribution in [2.75, 3.05) is 19.8 Å². The quantitative estimate of drug-likeness (QED) is 0.884. The normalized spacial score (nSPS) is 19.4. The van der Waals surface area contributed by atoms with Crippen molar-refractivity contribution >= 4 is 0 Å². The first-order chi connectivity index (χ1) is 8.79. The van der Waals surface area contributed by atoms with Crippen LogP contribution < -0.4 is 5.32 Å². The minimum Gasteiger partial charge on any atom is -0.381 e. The number of hydrogen-bond donors (Lipinski definition) is 1. The highest BCUT2D eigenvalue weighted by atomic mass is 16.5. The molecule has 1 fully saturated rings. The Hall–Kier alpha value is -1.37. The summed E-state index contributed by atoms with van der Waals surface area (Å²) in [6.45, 7) is 5.75. The van der Waals surface area contributed by atoms with Gasteiger partial charge in [-0.3, -0.25) is 0 Å². The maximum absolute atomic E-state index is 8.82. The van der Waals surface area contributed by atoms with Gasteiger partial charge in [0, 0.05) is 19.7 Å². The second-order valence-corrected chi connectivity index (χ2v) is 4.97. The Bertz CT molecular complexity index is 431. The zero-order valence-corrected chi connectivity index (χ0v) is 10.9. The van der Waals surface area contributed by atoms with Gasteiger partial charge in [-0.05, 0) is 48.9 Å². The Morgan fingerprint density at radius 1 is 1.50 bits per heavy atom. The Morgan fingerprint density at radius 3 is 3.06 bits per heavy atom. The standard InChI is InChI=1S/C15H20N2O/c1-12-7-13(8-16)4-5-15(12)10-17-9-14-3-2-6-18-11-14/h4-5,7,14,17H,2-3,6,9-11H2,1H3. The van der Waals surface area contributed by atoms with Gasteiger partial charge in [-0.15, -0.1) is 0 Å². The van der Waals surface area contributed by atoms with E-state index in [0.29, 0.717) is 5.92 Å². The Morgan fingerprint density at radius 2 is 2.39 bits per heavy atom. The molecule has 0 amide bonds. The number of ether oxygens (including phenoxy) is 1. The fourth-order valence-electron chi connectivity index (χ4n) is 2.34. The van der Waals surface area contributed by atoms with E-state index in [1.54, 1.807) is 0 Å². The molecule has 0 saturated carbocycles. The van der Waals surface area contributed by atoms with E-state index in [1.807, 2.05) is 18.2 Å². The Kier molecular flexibility index (Phi) is 4.74. The molecule has 1 heterocycles. The summed E-state index contributed by atoms with van der Waals surface area (Å²) in [7, 11) is 0. The molecule has 1 saturated heterocycles. The summed E-state index contributed by atoms with van der Waals surface area (Å²) in [5.41, 5.74) is 3.18. The van der Waals surface area contributed by atoms with Crippen molar-refractivity contribution in [3.05, 3.63) is 34.9 Å². The molecule has 18 heavy (non-hydrogen) atoms. The predicted octanol–water partition coefficient (Wildman–Crippen LogP) is 2.38. The SMILES string of the molecule is Cc1cc(C#N)ccc1CNCC1CCCOC1. The van der Waals surface area contributed by atoms with E-state index in [1.165, 1.54) is 24.0 Å². The third-order valence-corrected chi connectivity index (χ3v) is 3.47. The molecular weight excluding hydrogens is 224 g/mol. The molecule has 0 radical (unpaired) electrons. The van der Waals surface area contributed by atoms with E-state index in [0.717, 1.165) is 31.9 Å². The Labute approximate surface area is 109 Å². The zero-order chi connectivity index (χ0) is 12.8. The van der Waals surface area contributed by atoms with Crippen LogP contribution in [0, 0.1) is 24.2 Å². The fourth-order valence-corrected chi connectivity index (χ4v) is 2.34. The first-order valence-electron chi connectivity index (χ1n) is 6.57. The van der Waals surface area contributed by atoms with Crippen molar-refractivity contribution < 1.29 is 4.74 Å². The summed E-state index contributed by atoms with van der Waals surface area (Å²) in [6, 6.07) is 8.03. The van der Waals surface area contributed by atoms with Gasteiger partial charge in [-0.1, -0.05) is 6.07 Å². The molecule has 1 unspecified atom stereocenters. The molecule has 1 atom stereocenters. The van der Waals surface area contributed by atoms with Gasteiger partial charge in [-0.2, -0.15) is 5.26 Å². The van der Waals surface area contributed by atoms with Gasteiger partial charge in [0.2, 0.25) is 0 Å². The maximum Gasteiger partial charge on any atom is 0.0991 e. The van der Waals surface area contributed by atoms with E-state index in [9.17, 15) is 0 Å². The van der Waals surface area contributed by atoms with Crippen LogP contribution in [-0.2, 0) is 11.3 Å².